The highest BCUT2D eigenvalue weighted by molar-refractivity contribution is 5.78. The van der Waals surface area contributed by atoms with Crippen LogP contribution in [0.1, 0.15) is 5.69 Å². The molecule has 19 heavy (non-hydrogen) atoms. The molecule has 0 atom stereocenters. The van der Waals surface area contributed by atoms with Crippen LogP contribution in [-0.2, 0) is 11.2 Å². The number of nitrogens with one attached hydrogen (secondary N) is 1. The standard InChI is InChI=1S/C13H14N4O2/c1-14-12(18)7-10-11(19-2)8-16-13(17-10)9-5-3-4-6-15-9/h3-6,8H,7H2,1-2H3,(H,14,18). The lowest BCUT2D eigenvalue weighted by Gasteiger charge is -2.08. The van der Waals surface area contributed by atoms with Gasteiger partial charge in [0.15, 0.2) is 11.6 Å². The maximum Gasteiger partial charge on any atom is 0.225 e. The molecule has 0 aliphatic rings. The normalized spacial score (nSPS) is 10.0. The molecule has 0 bridgehead atoms. The molecule has 2 aromatic heterocycles. The molecule has 1 N–H and O–H groups in total. The zero-order valence-electron chi connectivity index (χ0n) is 10.8. The molecule has 6 heteroatoms. The van der Waals surface area contributed by atoms with Crippen molar-refractivity contribution in [3.63, 3.8) is 0 Å². The second-order valence-electron chi connectivity index (χ2n) is 3.77. The molecule has 0 radical (unpaired) electrons. The number of rotatable bonds is 4. The molecule has 0 unspecified atom stereocenters. The second-order valence-corrected chi connectivity index (χ2v) is 3.77. The van der Waals surface area contributed by atoms with E-state index in [2.05, 4.69) is 20.3 Å². The molecule has 2 heterocycles. The molecule has 0 saturated heterocycles. The van der Waals surface area contributed by atoms with Crippen LogP contribution in [0.25, 0.3) is 11.5 Å². The number of carbonyl (C=O) groups is 1. The van der Waals surface area contributed by atoms with E-state index in [9.17, 15) is 4.79 Å². The monoisotopic (exact) mass is 258 g/mol. The number of aromatic nitrogens is 3. The van der Waals surface area contributed by atoms with Gasteiger partial charge in [0.25, 0.3) is 0 Å². The number of hydrogen-bond acceptors (Lipinski definition) is 5. The van der Waals surface area contributed by atoms with Gasteiger partial charge in [0.05, 0.1) is 25.4 Å². The zero-order chi connectivity index (χ0) is 13.7. The van der Waals surface area contributed by atoms with E-state index in [0.29, 0.717) is 23.0 Å². The maximum absolute atomic E-state index is 11.5. The molecule has 0 aliphatic carbocycles. The van der Waals surface area contributed by atoms with E-state index in [-0.39, 0.29) is 12.3 Å². The van der Waals surface area contributed by atoms with Gasteiger partial charge < -0.3 is 10.1 Å². The fourth-order valence-electron chi connectivity index (χ4n) is 1.56. The van der Waals surface area contributed by atoms with E-state index >= 15 is 0 Å². The molecule has 0 aromatic carbocycles. The van der Waals surface area contributed by atoms with Crippen molar-refractivity contribution in [3.8, 4) is 17.3 Å². The average Bonchev–Trinajstić information content (AvgIpc) is 2.48. The molecule has 98 valence electrons. The summed E-state index contributed by atoms with van der Waals surface area (Å²) in [6.07, 6.45) is 3.36. The van der Waals surface area contributed by atoms with Crippen molar-refractivity contribution in [2.24, 2.45) is 0 Å². The van der Waals surface area contributed by atoms with Gasteiger partial charge in [-0.2, -0.15) is 0 Å². The van der Waals surface area contributed by atoms with Gasteiger partial charge in [-0.1, -0.05) is 6.07 Å². The summed E-state index contributed by atoms with van der Waals surface area (Å²) in [4.78, 5) is 24.2. The van der Waals surface area contributed by atoms with Gasteiger partial charge in [-0.25, -0.2) is 9.97 Å². The summed E-state index contributed by atoms with van der Waals surface area (Å²) in [6, 6.07) is 5.48. The van der Waals surface area contributed by atoms with Crippen LogP contribution >= 0.6 is 0 Å². The molecule has 2 rings (SSSR count). The summed E-state index contributed by atoms with van der Waals surface area (Å²) in [5.41, 5.74) is 1.20. The van der Waals surface area contributed by atoms with Gasteiger partial charge in [-0.05, 0) is 12.1 Å². The molecule has 6 nitrogen and oxygen atoms in total. The summed E-state index contributed by atoms with van der Waals surface area (Å²) in [5, 5.41) is 2.55. The maximum atomic E-state index is 11.5. The van der Waals surface area contributed by atoms with E-state index in [1.807, 2.05) is 18.2 Å². The highest BCUT2D eigenvalue weighted by Gasteiger charge is 2.12. The summed E-state index contributed by atoms with van der Waals surface area (Å²) in [7, 11) is 3.10. The first-order valence-electron chi connectivity index (χ1n) is 5.76. The second kappa shape index (κ2) is 5.90. The number of amides is 1. The zero-order valence-corrected chi connectivity index (χ0v) is 10.8. The van der Waals surface area contributed by atoms with Crippen molar-refractivity contribution in [1.82, 2.24) is 20.3 Å². The van der Waals surface area contributed by atoms with Crippen LogP contribution in [0.5, 0.6) is 5.75 Å². The minimum atomic E-state index is -0.135. The molecule has 0 spiro atoms. The number of hydrogen-bond donors (Lipinski definition) is 1. The lowest BCUT2D eigenvalue weighted by Crippen LogP contribution is -2.21. The van der Waals surface area contributed by atoms with E-state index in [4.69, 9.17) is 4.74 Å². The molecule has 0 fully saturated rings. The summed E-state index contributed by atoms with van der Waals surface area (Å²) >= 11 is 0. The lowest BCUT2D eigenvalue weighted by molar-refractivity contribution is -0.120. The van der Waals surface area contributed by atoms with E-state index in [0.717, 1.165) is 0 Å². The summed E-state index contributed by atoms with van der Waals surface area (Å²) < 4.78 is 5.16. The number of carbonyl (C=O) groups excluding carboxylic acids is 1. The van der Waals surface area contributed by atoms with E-state index in [1.165, 1.54) is 7.11 Å². The van der Waals surface area contributed by atoms with Gasteiger partial charge in [-0.15, -0.1) is 0 Å². The van der Waals surface area contributed by atoms with Gasteiger partial charge in [0.1, 0.15) is 5.69 Å². The molecular formula is C13H14N4O2. The van der Waals surface area contributed by atoms with Crippen molar-refractivity contribution in [3.05, 3.63) is 36.3 Å². The summed E-state index contributed by atoms with van der Waals surface area (Å²) in [6.45, 7) is 0. The third-order valence-electron chi connectivity index (χ3n) is 2.55. The minimum Gasteiger partial charge on any atom is -0.493 e. The van der Waals surface area contributed by atoms with Crippen LogP contribution < -0.4 is 10.1 Å². The van der Waals surface area contributed by atoms with Gasteiger partial charge in [0, 0.05) is 13.2 Å². The first-order chi connectivity index (χ1) is 9.24. The van der Waals surface area contributed by atoms with Crippen LogP contribution in [0.2, 0.25) is 0 Å². The van der Waals surface area contributed by atoms with Crippen molar-refractivity contribution >= 4 is 5.91 Å². The Balaban J connectivity index is 2.38. The van der Waals surface area contributed by atoms with Crippen LogP contribution in [0.4, 0.5) is 0 Å². The molecule has 2 aromatic rings. The van der Waals surface area contributed by atoms with E-state index < -0.39 is 0 Å². The lowest BCUT2D eigenvalue weighted by atomic mass is 10.2. The number of likely N-dealkylation sites (N-methyl/N-ethyl adjacent to an activating group) is 1. The first kappa shape index (κ1) is 12.9. The Morgan fingerprint density at radius 1 is 1.37 bits per heavy atom. The topological polar surface area (TPSA) is 77.0 Å². The Morgan fingerprint density at radius 2 is 2.21 bits per heavy atom. The minimum absolute atomic E-state index is 0.135. The Hall–Kier alpha value is -2.50. The van der Waals surface area contributed by atoms with Crippen molar-refractivity contribution in [2.45, 2.75) is 6.42 Å². The quantitative estimate of drug-likeness (QED) is 0.879. The van der Waals surface area contributed by atoms with Crippen molar-refractivity contribution < 1.29 is 9.53 Å². The number of pyridine rings is 1. The number of ether oxygens (including phenoxy) is 1. The van der Waals surface area contributed by atoms with Crippen LogP contribution in [-0.4, -0.2) is 35.0 Å². The molecule has 0 saturated carbocycles. The van der Waals surface area contributed by atoms with Gasteiger partial charge >= 0.3 is 0 Å². The van der Waals surface area contributed by atoms with Gasteiger partial charge in [0.2, 0.25) is 5.91 Å². The Morgan fingerprint density at radius 3 is 2.84 bits per heavy atom. The van der Waals surface area contributed by atoms with Crippen molar-refractivity contribution in [1.29, 1.82) is 0 Å². The van der Waals surface area contributed by atoms with E-state index in [1.54, 1.807) is 19.4 Å². The SMILES string of the molecule is CNC(=O)Cc1nc(-c2ccccn2)ncc1OC. The predicted molar refractivity (Wildman–Crippen MR) is 69.6 cm³/mol. The highest BCUT2D eigenvalue weighted by atomic mass is 16.5. The number of methoxy groups -OCH3 is 1. The molecule has 1 amide bonds. The smallest absolute Gasteiger partial charge is 0.225 e. The number of nitrogens with zero attached hydrogens (tertiary/aromatic N) is 3. The Kier molecular flexibility index (Phi) is 4.02. The Bertz CT molecular complexity index is 572. The van der Waals surface area contributed by atoms with Gasteiger partial charge in [-0.3, -0.25) is 9.78 Å². The van der Waals surface area contributed by atoms with Crippen LogP contribution in [0.3, 0.4) is 0 Å². The summed E-state index contributed by atoms with van der Waals surface area (Å²) in [5.74, 6) is 0.826. The highest BCUT2D eigenvalue weighted by Crippen LogP contribution is 2.19. The van der Waals surface area contributed by atoms with Crippen LogP contribution in [0, 0.1) is 0 Å². The fraction of sp³-hybridized carbons (Fsp3) is 0.231. The third-order valence-corrected chi connectivity index (χ3v) is 2.55. The molecule has 0 aliphatic heterocycles. The first-order valence-corrected chi connectivity index (χ1v) is 5.76. The van der Waals surface area contributed by atoms with Crippen molar-refractivity contribution in [2.75, 3.05) is 14.2 Å². The third kappa shape index (κ3) is 3.04. The van der Waals surface area contributed by atoms with Crippen LogP contribution in [0.15, 0.2) is 30.6 Å². The Labute approximate surface area is 110 Å². The fourth-order valence-corrected chi connectivity index (χ4v) is 1.56. The average molecular weight is 258 g/mol. The molecular weight excluding hydrogens is 244 g/mol. The predicted octanol–water partition coefficient (Wildman–Crippen LogP) is 0.836. The largest absolute Gasteiger partial charge is 0.493 e.